The van der Waals surface area contributed by atoms with Gasteiger partial charge in [0.25, 0.3) is 0 Å². The minimum atomic E-state index is 0.527. The summed E-state index contributed by atoms with van der Waals surface area (Å²) in [5.41, 5.74) is 4.83. The fourth-order valence-corrected chi connectivity index (χ4v) is 0.545. The van der Waals surface area contributed by atoms with Gasteiger partial charge in [0.05, 0.1) is 11.9 Å². The van der Waals surface area contributed by atoms with Gasteiger partial charge in [-0.25, -0.2) is 10.8 Å². The average molecular weight is 140 g/mol. The molecule has 0 aromatic carbocycles. The Labute approximate surface area is 57.8 Å². The molecule has 0 aliphatic rings. The highest BCUT2D eigenvalue weighted by molar-refractivity contribution is 5.44. The number of hydrogen-bond acceptors (Lipinski definition) is 5. The molecule has 54 valence electrons. The Morgan fingerprint density at radius 3 is 2.70 bits per heavy atom. The van der Waals surface area contributed by atoms with E-state index in [1.807, 2.05) is 5.48 Å². The van der Waals surface area contributed by atoms with Crippen LogP contribution in [0.2, 0.25) is 0 Å². The van der Waals surface area contributed by atoms with Crippen LogP contribution in [0.25, 0.3) is 0 Å². The molecule has 1 heterocycles. The molecule has 0 amide bonds. The molecular formula is C5H8N4O. The van der Waals surface area contributed by atoms with E-state index in [0.717, 1.165) is 0 Å². The Hall–Kier alpha value is -1.33. The van der Waals surface area contributed by atoms with Crippen molar-refractivity contribution < 1.29 is 5.21 Å². The van der Waals surface area contributed by atoms with Crippen LogP contribution < -0.4 is 16.7 Å². The lowest BCUT2D eigenvalue weighted by Crippen LogP contribution is -2.08. The second-order valence-corrected chi connectivity index (χ2v) is 1.69. The normalized spacial score (nSPS) is 9.00. The molecular weight excluding hydrogens is 132 g/mol. The quantitative estimate of drug-likeness (QED) is 0.347. The van der Waals surface area contributed by atoms with Gasteiger partial charge in [0, 0.05) is 0 Å². The van der Waals surface area contributed by atoms with Crippen LogP contribution in [0.5, 0.6) is 0 Å². The first kappa shape index (κ1) is 6.79. The zero-order chi connectivity index (χ0) is 7.40. The number of pyridine rings is 1. The number of nitrogens with one attached hydrogen (secondary N) is 2. The van der Waals surface area contributed by atoms with Gasteiger partial charge >= 0.3 is 0 Å². The molecule has 0 unspecified atom stereocenters. The van der Waals surface area contributed by atoms with Gasteiger partial charge in [-0.15, -0.1) is 0 Å². The molecule has 1 rings (SSSR count). The van der Waals surface area contributed by atoms with E-state index in [4.69, 9.17) is 11.0 Å². The third-order valence-electron chi connectivity index (χ3n) is 1.04. The number of nitrogen functional groups attached to an aromatic ring is 1. The van der Waals surface area contributed by atoms with Crippen molar-refractivity contribution in [2.24, 2.45) is 5.84 Å². The molecule has 0 saturated carbocycles. The van der Waals surface area contributed by atoms with E-state index in [0.29, 0.717) is 11.5 Å². The lowest BCUT2D eigenvalue weighted by molar-refractivity contribution is 0.388. The summed E-state index contributed by atoms with van der Waals surface area (Å²) >= 11 is 0. The zero-order valence-electron chi connectivity index (χ0n) is 5.20. The summed E-state index contributed by atoms with van der Waals surface area (Å²) < 4.78 is 0. The molecule has 10 heavy (non-hydrogen) atoms. The topological polar surface area (TPSA) is 83.2 Å². The van der Waals surface area contributed by atoms with Gasteiger partial charge in [0.15, 0.2) is 0 Å². The van der Waals surface area contributed by atoms with Crippen molar-refractivity contribution in [1.82, 2.24) is 4.98 Å². The molecule has 5 N–H and O–H groups in total. The summed E-state index contributed by atoms with van der Waals surface area (Å²) in [7, 11) is 0. The number of aromatic nitrogens is 1. The van der Waals surface area contributed by atoms with E-state index < -0.39 is 0 Å². The van der Waals surface area contributed by atoms with Crippen molar-refractivity contribution in [2.75, 3.05) is 10.9 Å². The molecule has 0 spiro atoms. The van der Waals surface area contributed by atoms with Crippen molar-refractivity contribution in [3.63, 3.8) is 0 Å². The van der Waals surface area contributed by atoms with Crippen LogP contribution in [0.15, 0.2) is 18.3 Å². The summed E-state index contributed by atoms with van der Waals surface area (Å²) in [6.45, 7) is 0. The molecule has 1 aromatic rings. The van der Waals surface area contributed by atoms with Crippen LogP contribution in [-0.2, 0) is 0 Å². The summed E-state index contributed by atoms with van der Waals surface area (Å²) in [6.07, 6.45) is 1.45. The highest BCUT2D eigenvalue weighted by Crippen LogP contribution is 2.06. The van der Waals surface area contributed by atoms with E-state index in [9.17, 15) is 0 Å². The predicted molar refractivity (Wildman–Crippen MR) is 37.5 cm³/mol. The molecule has 1 aromatic heterocycles. The molecule has 0 aliphatic heterocycles. The maximum absolute atomic E-state index is 8.36. The summed E-state index contributed by atoms with van der Waals surface area (Å²) in [5.74, 6) is 5.60. The number of nitrogens with two attached hydrogens (primary N) is 1. The summed E-state index contributed by atoms with van der Waals surface area (Å²) in [4.78, 5) is 3.81. The fraction of sp³-hybridized carbons (Fsp3) is 0. The third kappa shape index (κ3) is 1.34. The minimum absolute atomic E-state index is 0.527. The van der Waals surface area contributed by atoms with Crippen LogP contribution in [-0.4, -0.2) is 10.2 Å². The largest absolute Gasteiger partial charge is 0.308 e. The van der Waals surface area contributed by atoms with Crippen molar-refractivity contribution in [3.8, 4) is 0 Å². The monoisotopic (exact) mass is 140 g/mol. The fourth-order valence-electron chi connectivity index (χ4n) is 0.545. The van der Waals surface area contributed by atoms with Gasteiger partial charge in [0.2, 0.25) is 0 Å². The first-order valence-corrected chi connectivity index (χ1v) is 2.69. The average Bonchev–Trinajstić information content (AvgIpc) is 2.05. The minimum Gasteiger partial charge on any atom is -0.308 e. The second kappa shape index (κ2) is 3.00. The molecule has 0 radical (unpaired) electrons. The number of hydrazine groups is 1. The van der Waals surface area contributed by atoms with Crippen molar-refractivity contribution in [2.45, 2.75) is 0 Å². The van der Waals surface area contributed by atoms with E-state index in [1.165, 1.54) is 6.20 Å². The lowest BCUT2D eigenvalue weighted by atomic mass is 10.4. The van der Waals surface area contributed by atoms with Gasteiger partial charge in [-0.2, -0.15) is 0 Å². The van der Waals surface area contributed by atoms with Gasteiger partial charge in [-0.1, -0.05) is 0 Å². The predicted octanol–water partition coefficient (Wildman–Crippen LogP) is 0.168. The number of nitrogens with zero attached hydrogens (tertiary/aromatic N) is 1. The molecule has 5 heteroatoms. The van der Waals surface area contributed by atoms with Crippen LogP contribution in [0.3, 0.4) is 0 Å². The maximum Gasteiger partial charge on any atom is 0.140 e. The first-order chi connectivity index (χ1) is 4.86. The Balaban J connectivity index is 2.80. The first-order valence-electron chi connectivity index (χ1n) is 2.69. The van der Waals surface area contributed by atoms with Gasteiger partial charge in [-0.3, -0.25) is 10.7 Å². The Bertz CT molecular complexity index is 174. The molecule has 0 fully saturated rings. The van der Waals surface area contributed by atoms with E-state index in [-0.39, 0.29) is 0 Å². The summed E-state index contributed by atoms with van der Waals surface area (Å²) in [6, 6.07) is 3.28. The molecule has 0 aliphatic carbocycles. The Morgan fingerprint density at radius 1 is 1.50 bits per heavy atom. The van der Waals surface area contributed by atoms with E-state index >= 15 is 0 Å². The van der Waals surface area contributed by atoms with Gasteiger partial charge in [0.1, 0.15) is 5.82 Å². The second-order valence-electron chi connectivity index (χ2n) is 1.69. The van der Waals surface area contributed by atoms with Crippen molar-refractivity contribution in [1.29, 1.82) is 0 Å². The van der Waals surface area contributed by atoms with E-state index in [1.54, 1.807) is 12.1 Å². The smallest absolute Gasteiger partial charge is 0.140 e. The number of hydrogen-bond donors (Lipinski definition) is 4. The third-order valence-corrected chi connectivity index (χ3v) is 1.04. The van der Waals surface area contributed by atoms with Crippen LogP contribution in [0.1, 0.15) is 0 Å². The van der Waals surface area contributed by atoms with Crippen LogP contribution in [0, 0.1) is 0 Å². The molecule has 0 saturated heterocycles. The zero-order valence-corrected chi connectivity index (χ0v) is 5.20. The Morgan fingerprint density at radius 2 is 2.30 bits per heavy atom. The standard InChI is InChI=1S/C5H8N4O/c6-8-5-2-1-4(9-10)3-7-5/h1-3,9-10H,6H2,(H,7,8). The molecule has 0 bridgehead atoms. The summed E-state index contributed by atoms with van der Waals surface area (Å²) in [5, 5.41) is 8.36. The highest BCUT2D eigenvalue weighted by atomic mass is 16.5. The van der Waals surface area contributed by atoms with E-state index in [2.05, 4.69) is 10.4 Å². The Kier molecular flexibility index (Phi) is 2.03. The van der Waals surface area contributed by atoms with Crippen molar-refractivity contribution >= 4 is 11.5 Å². The SMILES string of the molecule is NNc1ccc(NO)cn1. The van der Waals surface area contributed by atoms with Gasteiger partial charge in [-0.05, 0) is 12.1 Å². The maximum atomic E-state index is 8.36. The van der Waals surface area contributed by atoms with Crippen molar-refractivity contribution in [3.05, 3.63) is 18.3 Å². The number of rotatable bonds is 2. The molecule has 5 nitrogen and oxygen atoms in total. The highest BCUT2D eigenvalue weighted by Gasteiger charge is 1.89. The lowest BCUT2D eigenvalue weighted by Gasteiger charge is -1.99. The van der Waals surface area contributed by atoms with Crippen LogP contribution >= 0.6 is 0 Å². The number of anilines is 2. The van der Waals surface area contributed by atoms with Crippen LogP contribution in [0.4, 0.5) is 11.5 Å². The van der Waals surface area contributed by atoms with Gasteiger partial charge < -0.3 is 5.43 Å². The molecule has 0 atom stereocenters.